The second-order valence-corrected chi connectivity index (χ2v) is 3.94. The lowest BCUT2D eigenvalue weighted by molar-refractivity contribution is -0.0989. The summed E-state index contributed by atoms with van der Waals surface area (Å²) >= 11 is 0. The summed E-state index contributed by atoms with van der Waals surface area (Å²) in [6, 6.07) is 0. The highest BCUT2D eigenvalue weighted by molar-refractivity contribution is 4.89. The van der Waals surface area contributed by atoms with Gasteiger partial charge in [0.1, 0.15) is 13.2 Å². The van der Waals surface area contributed by atoms with Crippen LogP contribution in [0.15, 0.2) is 0 Å². The van der Waals surface area contributed by atoms with Crippen LogP contribution in [0.25, 0.3) is 0 Å². The summed E-state index contributed by atoms with van der Waals surface area (Å²) in [7, 11) is 0. The fourth-order valence-electron chi connectivity index (χ4n) is 2.09. The van der Waals surface area contributed by atoms with Crippen molar-refractivity contribution in [1.29, 1.82) is 0 Å². The lowest BCUT2D eigenvalue weighted by Gasteiger charge is -2.35. The van der Waals surface area contributed by atoms with Gasteiger partial charge in [0, 0.05) is 0 Å². The van der Waals surface area contributed by atoms with Crippen molar-refractivity contribution in [2.45, 2.75) is 38.4 Å². The summed E-state index contributed by atoms with van der Waals surface area (Å²) in [4.78, 5) is 0. The third-order valence-electron chi connectivity index (χ3n) is 2.82. The molecule has 0 aromatic carbocycles. The van der Waals surface area contributed by atoms with Crippen molar-refractivity contribution in [3.05, 3.63) is 0 Å². The molecule has 1 fully saturated rings. The largest absolute Gasteiger partial charge is 0.363 e. The molecule has 15 heavy (non-hydrogen) atoms. The highest BCUT2D eigenvalue weighted by Crippen LogP contribution is 2.28. The number of terminal acetylenes is 2. The van der Waals surface area contributed by atoms with Crippen LogP contribution in [-0.2, 0) is 9.47 Å². The molecule has 2 heteroatoms. The van der Waals surface area contributed by atoms with Crippen LogP contribution in [0.2, 0.25) is 0 Å². The Morgan fingerprint density at radius 2 is 1.80 bits per heavy atom. The highest BCUT2D eigenvalue weighted by Gasteiger charge is 2.31. The minimum atomic E-state index is 0.100. The van der Waals surface area contributed by atoms with Crippen LogP contribution in [0, 0.1) is 30.6 Å². The Bertz CT molecular complexity index is 259. The lowest BCUT2D eigenvalue weighted by atomic mass is 9.85. The fraction of sp³-hybridized carbons (Fsp3) is 0.692. The van der Waals surface area contributed by atoms with Gasteiger partial charge < -0.3 is 9.47 Å². The van der Waals surface area contributed by atoms with Gasteiger partial charge in [0.15, 0.2) is 0 Å². The third kappa shape index (κ3) is 3.59. The van der Waals surface area contributed by atoms with Gasteiger partial charge in [0.25, 0.3) is 0 Å². The quantitative estimate of drug-likeness (QED) is 0.653. The number of ether oxygens (including phenoxy) is 2. The maximum absolute atomic E-state index is 5.62. The van der Waals surface area contributed by atoms with Gasteiger partial charge >= 0.3 is 0 Å². The van der Waals surface area contributed by atoms with Crippen LogP contribution in [0.4, 0.5) is 0 Å². The molecule has 0 amide bonds. The number of rotatable bonds is 4. The third-order valence-corrected chi connectivity index (χ3v) is 2.82. The molecule has 1 aliphatic carbocycles. The van der Waals surface area contributed by atoms with Crippen molar-refractivity contribution < 1.29 is 9.47 Å². The lowest BCUT2D eigenvalue weighted by Crippen LogP contribution is -2.40. The molecule has 1 rings (SSSR count). The molecule has 1 saturated carbocycles. The summed E-state index contributed by atoms with van der Waals surface area (Å²) in [6.07, 6.45) is 13.9. The Morgan fingerprint density at radius 3 is 2.47 bits per heavy atom. The molecule has 0 aromatic rings. The smallest absolute Gasteiger partial charge is 0.107 e. The predicted octanol–water partition coefficient (Wildman–Crippen LogP) is 1.84. The maximum atomic E-state index is 5.62. The van der Waals surface area contributed by atoms with E-state index in [1.165, 1.54) is 12.8 Å². The topological polar surface area (TPSA) is 18.5 Å². The van der Waals surface area contributed by atoms with Crippen LogP contribution in [0.3, 0.4) is 0 Å². The van der Waals surface area contributed by atoms with Crippen molar-refractivity contribution in [2.75, 3.05) is 13.2 Å². The van der Waals surface area contributed by atoms with Gasteiger partial charge in [-0.1, -0.05) is 25.2 Å². The maximum Gasteiger partial charge on any atom is 0.107 e. The highest BCUT2D eigenvalue weighted by atomic mass is 16.5. The molecule has 0 N–H and O–H groups in total. The Morgan fingerprint density at radius 1 is 1.13 bits per heavy atom. The van der Waals surface area contributed by atoms with Gasteiger partial charge in [-0.15, -0.1) is 12.8 Å². The molecule has 3 atom stereocenters. The van der Waals surface area contributed by atoms with Crippen LogP contribution in [-0.4, -0.2) is 25.4 Å². The first-order chi connectivity index (χ1) is 7.29. The van der Waals surface area contributed by atoms with Crippen molar-refractivity contribution in [3.8, 4) is 24.7 Å². The summed E-state index contributed by atoms with van der Waals surface area (Å²) < 4.78 is 11.2. The molecule has 0 spiro atoms. The molecule has 0 aromatic heterocycles. The second kappa shape index (κ2) is 6.51. The van der Waals surface area contributed by atoms with E-state index < -0.39 is 0 Å². The summed E-state index contributed by atoms with van der Waals surface area (Å²) in [6.45, 7) is 2.88. The van der Waals surface area contributed by atoms with Gasteiger partial charge in [0.2, 0.25) is 0 Å². The summed E-state index contributed by atoms with van der Waals surface area (Å²) in [5.41, 5.74) is 0. The second-order valence-electron chi connectivity index (χ2n) is 3.94. The molecular formula is C13H18O2. The first-order valence-corrected chi connectivity index (χ1v) is 5.39. The van der Waals surface area contributed by atoms with Crippen molar-refractivity contribution in [2.24, 2.45) is 5.92 Å². The molecular weight excluding hydrogens is 188 g/mol. The Balaban J connectivity index is 2.49. The number of hydrogen-bond donors (Lipinski definition) is 0. The minimum Gasteiger partial charge on any atom is -0.363 e. The van der Waals surface area contributed by atoms with Crippen LogP contribution in [0.1, 0.15) is 26.2 Å². The van der Waals surface area contributed by atoms with Gasteiger partial charge in [-0.05, 0) is 18.8 Å². The van der Waals surface area contributed by atoms with E-state index in [2.05, 4.69) is 18.8 Å². The molecule has 0 aliphatic heterocycles. The van der Waals surface area contributed by atoms with Crippen LogP contribution in [0.5, 0.6) is 0 Å². The first kappa shape index (κ1) is 12.1. The standard InChI is InChI=1S/C13H18O2/c1-4-9-14-12-8-6-7-11(3)13(12)15-10-5-2/h1-2,11-13H,6-10H2,3H3. The van der Waals surface area contributed by atoms with Crippen molar-refractivity contribution >= 4 is 0 Å². The molecule has 1 aliphatic rings. The Labute approximate surface area is 92.3 Å². The minimum absolute atomic E-state index is 0.100. The zero-order chi connectivity index (χ0) is 11.1. The van der Waals surface area contributed by atoms with E-state index in [1.54, 1.807) is 0 Å². The molecule has 0 heterocycles. The van der Waals surface area contributed by atoms with Gasteiger partial charge in [-0.3, -0.25) is 0 Å². The van der Waals surface area contributed by atoms with Crippen LogP contribution < -0.4 is 0 Å². The molecule has 0 radical (unpaired) electrons. The van der Waals surface area contributed by atoms with E-state index in [0.717, 1.165) is 6.42 Å². The van der Waals surface area contributed by atoms with E-state index in [0.29, 0.717) is 19.1 Å². The normalized spacial score (nSPS) is 30.5. The molecule has 3 unspecified atom stereocenters. The SMILES string of the molecule is C#CCOC1CCCC(C)C1OCC#C. The first-order valence-electron chi connectivity index (χ1n) is 5.39. The molecule has 0 bridgehead atoms. The molecule has 2 nitrogen and oxygen atoms in total. The summed E-state index contributed by atoms with van der Waals surface area (Å²) in [5, 5.41) is 0. The van der Waals surface area contributed by atoms with E-state index in [-0.39, 0.29) is 12.2 Å². The van der Waals surface area contributed by atoms with E-state index in [4.69, 9.17) is 22.3 Å². The van der Waals surface area contributed by atoms with E-state index in [1.807, 2.05) is 0 Å². The average molecular weight is 206 g/mol. The van der Waals surface area contributed by atoms with Crippen LogP contribution >= 0.6 is 0 Å². The summed E-state index contributed by atoms with van der Waals surface area (Å²) in [5.74, 6) is 5.48. The monoisotopic (exact) mass is 206 g/mol. The van der Waals surface area contributed by atoms with Crippen molar-refractivity contribution in [1.82, 2.24) is 0 Å². The van der Waals surface area contributed by atoms with Crippen molar-refractivity contribution in [3.63, 3.8) is 0 Å². The number of hydrogen-bond acceptors (Lipinski definition) is 2. The van der Waals surface area contributed by atoms with E-state index >= 15 is 0 Å². The fourth-order valence-corrected chi connectivity index (χ4v) is 2.09. The average Bonchev–Trinajstić information content (AvgIpc) is 2.25. The zero-order valence-corrected chi connectivity index (χ0v) is 9.24. The van der Waals surface area contributed by atoms with Gasteiger partial charge in [-0.25, -0.2) is 0 Å². The predicted molar refractivity (Wildman–Crippen MR) is 60.2 cm³/mol. The van der Waals surface area contributed by atoms with Gasteiger partial charge in [0.05, 0.1) is 12.2 Å². The molecule has 82 valence electrons. The Kier molecular flexibility index (Phi) is 5.26. The zero-order valence-electron chi connectivity index (χ0n) is 9.24. The molecule has 0 saturated heterocycles. The Hall–Kier alpha value is -0.960. The van der Waals surface area contributed by atoms with E-state index in [9.17, 15) is 0 Å². The van der Waals surface area contributed by atoms with Gasteiger partial charge in [-0.2, -0.15) is 0 Å².